The van der Waals surface area contributed by atoms with Gasteiger partial charge in [-0.15, -0.1) is 0 Å². The van der Waals surface area contributed by atoms with E-state index in [0.29, 0.717) is 0 Å². The van der Waals surface area contributed by atoms with Gasteiger partial charge < -0.3 is 5.32 Å². The van der Waals surface area contributed by atoms with Gasteiger partial charge in [0.15, 0.2) is 0 Å². The number of nitrogens with one attached hydrogen (secondary N) is 1. The molecule has 1 unspecified atom stereocenters. The third-order valence-electron chi connectivity index (χ3n) is 2.35. The summed E-state index contributed by atoms with van der Waals surface area (Å²) < 4.78 is 0.911. The summed E-state index contributed by atoms with van der Waals surface area (Å²) in [6.07, 6.45) is 0. The van der Waals surface area contributed by atoms with E-state index >= 15 is 0 Å². The lowest BCUT2D eigenvalue weighted by molar-refractivity contribution is -0.117. The molecule has 0 heterocycles. The lowest BCUT2D eigenvalue weighted by Crippen LogP contribution is -2.35. The van der Waals surface area contributed by atoms with E-state index in [-0.39, 0.29) is 18.5 Å². The Labute approximate surface area is 109 Å². The van der Waals surface area contributed by atoms with E-state index < -0.39 is 0 Å². The highest BCUT2D eigenvalue weighted by molar-refractivity contribution is 9.10. The number of nitrogens with zero attached hydrogens (tertiary/aromatic N) is 2. The SMILES string of the molecule is CC(C#N)N(C)CC(=O)Nc1cccc(Br)c1. The van der Waals surface area contributed by atoms with Gasteiger partial charge in [-0.05, 0) is 32.2 Å². The molecule has 0 fully saturated rings. The quantitative estimate of drug-likeness (QED) is 0.927. The molecule has 1 N–H and O–H groups in total. The van der Waals surface area contributed by atoms with Crippen LogP contribution in [0.4, 0.5) is 5.69 Å². The number of halogens is 1. The molecule has 0 spiro atoms. The minimum Gasteiger partial charge on any atom is -0.325 e. The van der Waals surface area contributed by atoms with E-state index in [2.05, 4.69) is 27.3 Å². The van der Waals surface area contributed by atoms with Crippen LogP contribution in [0.2, 0.25) is 0 Å². The second kappa shape index (κ2) is 6.38. The van der Waals surface area contributed by atoms with E-state index in [9.17, 15) is 4.79 Å². The van der Waals surface area contributed by atoms with Crippen molar-refractivity contribution in [3.63, 3.8) is 0 Å². The summed E-state index contributed by atoms with van der Waals surface area (Å²) in [4.78, 5) is 13.4. The van der Waals surface area contributed by atoms with Gasteiger partial charge >= 0.3 is 0 Å². The number of benzene rings is 1. The Morgan fingerprint density at radius 1 is 1.65 bits per heavy atom. The predicted octanol–water partition coefficient (Wildman–Crippen LogP) is 2.23. The third kappa shape index (κ3) is 4.55. The molecule has 0 saturated carbocycles. The molecule has 0 bridgehead atoms. The number of carbonyl (C=O) groups is 1. The number of amides is 1. The normalized spacial score (nSPS) is 11.9. The average Bonchev–Trinajstić information content (AvgIpc) is 2.27. The van der Waals surface area contributed by atoms with Crippen LogP contribution in [0.3, 0.4) is 0 Å². The van der Waals surface area contributed by atoms with Crippen molar-refractivity contribution < 1.29 is 4.79 Å². The van der Waals surface area contributed by atoms with Gasteiger partial charge in [0.25, 0.3) is 0 Å². The molecule has 0 radical (unpaired) electrons. The molecule has 1 atom stereocenters. The summed E-state index contributed by atoms with van der Waals surface area (Å²) in [5.74, 6) is -0.132. The Balaban J connectivity index is 2.53. The molecular weight excluding hydrogens is 282 g/mol. The maximum Gasteiger partial charge on any atom is 0.238 e. The first-order valence-electron chi connectivity index (χ1n) is 5.18. The molecular formula is C12H14BrN3O. The molecule has 0 aliphatic rings. The van der Waals surface area contributed by atoms with Crippen LogP contribution in [0.5, 0.6) is 0 Å². The topological polar surface area (TPSA) is 56.1 Å². The number of carbonyl (C=O) groups excluding carboxylic acids is 1. The first-order valence-corrected chi connectivity index (χ1v) is 5.97. The molecule has 0 aliphatic carbocycles. The van der Waals surface area contributed by atoms with E-state index in [4.69, 9.17) is 5.26 Å². The van der Waals surface area contributed by atoms with Crippen LogP contribution in [-0.4, -0.2) is 30.4 Å². The first-order chi connectivity index (χ1) is 8.02. The van der Waals surface area contributed by atoms with Crippen molar-refractivity contribution in [3.05, 3.63) is 28.7 Å². The fourth-order valence-corrected chi connectivity index (χ4v) is 1.63. The molecule has 90 valence electrons. The van der Waals surface area contributed by atoms with Crippen molar-refractivity contribution in [1.29, 1.82) is 5.26 Å². The van der Waals surface area contributed by atoms with E-state index in [0.717, 1.165) is 10.2 Å². The van der Waals surface area contributed by atoms with Gasteiger partial charge in [0.1, 0.15) is 0 Å². The molecule has 5 heteroatoms. The number of anilines is 1. The number of likely N-dealkylation sites (N-methyl/N-ethyl adjacent to an activating group) is 1. The van der Waals surface area contributed by atoms with Crippen LogP contribution in [0.1, 0.15) is 6.92 Å². The Morgan fingerprint density at radius 3 is 2.94 bits per heavy atom. The molecule has 1 aromatic carbocycles. The summed E-state index contributed by atoms with van der Waals surface area (Å²) in [6.45, 7) is 1.95. The first kappa shape index (κ1) is 13.7. The number of rotatable bonds is 4. The smallest absolute Gasteiger partial charge is 0.238 e. The summed E-state index contributed by atoms with van der Waals surface area (Å²) in [5.41, 5.74) is 0.738. The van der Waals surface area contributed by atoms with Gasteiger partial charge in [0, 0.05) is 10.2 Å². The summed E-state index contributed by atoms with van der Waals surface area (Å²) >= 11 is 3.33. The van der Waals surface area contributed by atoms with Crippen molar-refractivity contribution in [2.24, 2.45) is 0 Å². The second-order valence-corrected chi connectivity index (χ2v) is 4.69. The lowest BCUT2D eigenvalue weighted by Gasteiger charge is -2.18. The van der Waals surface area contributed by atoms with Crippen molar-refractivity contribution in [3.8, 4) is 6.07 Å². The molecule has 1 rings (SSSR count). The summed E-state index contributed by atoms with van der Waals surface area (Å²) in [7, 11) is 1.74. The predicted molar refractivity (Wildman–Crippen MR) is 70.5 cm³/mol. The van der Waals surface area contributed by atoms with Gasteiger partial charge in [-0.2, -0.15) is 5.26 Å². The Kier molecular flexibility index (Phi) is 5.13. The van der Waals surface area contributed by atoms with Gasteiger partial charge in [-0.25, -0.2) is 0 Å². The van der Waals surface area contributed by atoms with E-state index in [1.807, 2.05) is 24.3 Å². The summed E-state index contributed by atoms with van der Waals surface area (Å²) in [5, 5.41) is 11.5. The second-order valence-electron chi connectivity index (χ2n) is 3.78. The maximum absolute atomic E-state index is 11.7. The van der Waals surface area contributed by atoms with Crippen molar-refractivity contribution >= 4 is 27.5 Å². The molecule has 1 amide bonds. The molecule has 0 aliphatic heterocycles. The zero-order valence-corrected chi connectivity index (χ0v) is 11.4. The van der Waals surface area contributed by atoms with Gasteiger partial charge in [-0.3, -0.25) is 9.69 Å². The van der Waals surface area contributed by atoms with Crippen molar-refractivity contribution in [1.82, 2.24) is 4.90 Å². The minimum absolute atomic E-state index is 0.132. The highest BCUT2D eigenvalue weighted by Crippen LogP contribution is 2.15. The van der Waals surface area contributed by atoms with Crippen LogP contribution < -0.4 is 5.32 Å². The Bertz CT molecular complexity index is 442. The van der Waals surface area contributed by atoms with Crippen LogP contribution in [-0.2, 0) is 4.79 Å². The molecule has 4 nitrogen and oxygen atoms in total. The molecule has 1 aromatic rings. The molecule has 0 saturated heterocycles. The maximum atomic E-state index is 11.7. The van der Waals surface area contributed by atoms with E-state index in [1.165, 1.54) is 0 Å². The largest absolute Gasteiger partial charge is 0.325 e. The van der Waals surface area contributed by atoms with Gasteiger partial charge in [-0.1, -0.05) is 22.0 Å². The zero-order chi connectivity index (χ0) is 12.8. The minimum atomic E-state index is -0.275. The number of hydrogen-bond donors (Lipinski definition) is 1. The fourth-order valence-electron chi connectivity index (χ4n) is 1.23. The van der Waals surface area contributed by atoms with Gasteiger partial charge in [0.2, 0.25) is 5.91 Å². The number of hydrogen-bond acceptors (Lipinski definition) is 3. The lowest BCUT2D eigenvalue weighted by atomic mass is 10.3. The molecule has 0 aromatic heterocycles. The Hall–Kier alpha value is -1.38. The Morgan fingerprint density at radius 2 is 2.35 bits per heavy atom. The fraction of sp³-hybridized carbons (Fsp3) is 0.333. The monoisotopic (exact) mass is 295 g/mol. The van der Waals surface area contributed by atoms with Crippen LogP contribution in [0.15, 0.2) is 28.7 Å². The third-order valence-corrected chi connectivity index (χ3v) is 2.84. The van der Waals surface area contributed by atoms with Crippen molar-refractivity contribution in [2.45, 2.75) is 13.0 Å². The number of nitriles is 1. The van der Waals surface area contributed by atoms with E-state index in [1.54, 1.807) is 18.9 Å². The highest BCUT2D eigenvalue weighted by Gasteiger charge is 2.12. The van der Waals surface area contributed by atoms with Crippen molar-refractivity contribution in [2.75, 3.05) is 18.9 Å². The standard InChI is InChI=1S/C12H14BrN3O/c1-9(7-14)16(2)8-12(17)15-11-5-3-4-10(13)6-11/h3-6,9H,8H2,1-2H3,(H,15,17). The average molecular weight is 296 g/mol. The zero-order valence-electron chi connectivity index (χ0n) is 9.77. The molecule has 17 heavy (non-hydrogen) atoms. The van der Waals surface area contributed by atoms with Gasteiger partial charge in [0.05, 0.1) is 18.7 Å². The van der Waals surface area contributed by atoms with Crippen LogP contribution >= 0.6 is 15.9 Å². The summed E-state index contributed by atoms with van der Waals surface area (Å²) in [6, 6.07) is 9.18. The van der Waals surface area contributed by atoms with Crippen LogP contribution in [0.25, 0.3) is 0 Å². The van der Waals surface area contributed by atoms with Crippen LogP contribution in [0, 0.1) is 11.3 Å². The highest BCUT2D eigenvalue weighted by atomic mass is 79.9.